The number of fused-ring (bicyclic) bond motifs is 1. The number of carboxylic acids is 1. The maximum Gasteiger partial charge on any atom is 0.323 e. The predicted molar refractivity (Wildman–Crippen MR) is 86.3 cm³/mol. The van der Waals surface area contributed by atoms with Crippen LogP contribution in [0.2, 0.25) is 0 Å². The quantitative estimate of drug-likeness (QED) is 0.885. The van der Waals surface area contributed by atoms with Crippen molar-refractivity contribution < 1.29 is 9.90 Å². The van der Waals surface area contributed by atoms with Crippen LogP contribution < -0.4 is 0 Å². The Morgan fingerprint density at radius 1 is 1.48 bits per heavy atom. The van der Waals surface area contributed by atoms with Gasteiger partial charge in [0.2, 0.25) is 0 Å². The Morgan fingerprint density at radius 3 is 3.05 bits per heavy atom. The van der Waals surface area contributed by atoms with Crippen LogP contribution in [0, 0.1) is 0 Å². The second-order valence-electron chi connectivity index (χ2n) is 5.96. The van der Waals surface area contributed by atoms with Crippen molar-refractivity contribution >= 4 is 32.8 Å². The van der Waals surface area contributed by atoms with Gasteiger partial charge < -0.3 is 10.1 Å². The summed E-state index contributed by atoms with van der Waals surface area (Å²) in [6.45, 7) is 3.35. The van der Waals surface area contributed by atoms with Crippen molar-refractivity contribution in [3.8, 4) is 0 Å². The Balaban J connectivity index is 1.93. The SMILES string of the molecule is CC1(C(=O)O)CCCCN1Cc1c[nH]c2ccc(Br)cc12. The molecule has 1 aromatic heterocycles. The molecule has 1 saturated heterocycles. The topological polar surface area (TPSA) is 56.3 Å². The van der Waals surface area contributed by atoms with Gasteiger partial charge in [0.15, 0.2) is 0 Å². The third kappa shape index (κ3) is 2.60. The summed E-state index contributed by atoms with van der Waals surface area (Å²) >= 11 is 3.50. The number of aliphatic carboxylic acids is 1. The number of nitrogens with zero attached hydrogens (tertiary/aromatic N) is 1. The van der Waals surface area contributed by atoms with E-state index < -0.39 is 11.5 Å². The van der Waals surface area contributed by atoms with E-state index in [1.165, 1.54) is 0 Å². The minimum Gasteiger partial charge on any atom is -0.480 e. The molecule has 2 N–H and O–H groups in total. The molecule has 1 aromatic carbocycles. The minimum absolute atomic E-state index is 0.666. The largest absolute Gasteiger partial charge is 0.480 e. The van der Waals surface area contributed by atoms with Crippen LogP contribution in [0.4, 0.5) is 0 Å². The van der Waals surface area contributed by atoms with Crippen molar-refractivity contribution in [3.63, 3.8) is 0 Å². The molecule has 0 radical (unpaired) electrons. The highest BCUT2D eigenvalue weighted by molar-refractivity contribution is 9.10. The number of likely N-dealkylation sites (tertiary alicyclic amines) is 1. The molecule has 1 aliphatic heterocycles. The Hall–Kier alpha value is -1.33. The first-order valence-corrected chi connectivity index (χ1v) is 8.04. The van der Waals surface area contributed by atoms with Crippen molar-refractivity contribution in [2.75, 3.05) is 6.54 Å². The Bertz CT molecular complexity index is 682. The summed E-state index contributed by atoms with van der Waals surface area (Å²) < 4.78 is 1.04. The third-order valence-electron chi connectivity index (χ3n) is 4.59. The number of nitrogens with one attached hydrogen (secondary N) is 1. The number of aromatic amines is 1. The number of carboxylic acid groups (broad SMARTS) is 1. The van der Waals surface area contributed by atoms with Crippen LogP contribution in [0.5, 0.6) is 0 Å². The zero-order valence-electron chi connectivity index (χ0n) is 12.0. The number of rotatable bonds is 3. The Morgan fingerprint density at radius 2 is 2.29 bits per heavy atom. The van der Waals surface area contributed by atoms with Gasteiger partial charge in [-0.3, -0.25) is 9.69 Å². The summed E-state index contributed by atoms with van der Waals surface area (Å²) in [7, 11) is 0. The molecule has 0 aliphatic carbocycles. The summed E-state index contributed by atoms with van der Waals surface area (Å²) in [6, 6.07) is 6.13. The summed E-state index contributed by atoms with van der Waals surface area (Å²) in [4.78, 5) is 17.0. The molecule has 3 rings (SSSR count). The maximum absolute atomic E-state index is 11.7. The summed E-state index contributed by atoms with van der Waals surface area (Å²) in [5, 5.41) is 10.8. The number of piperidine rings is 1. The van der Waals surface area contributed by atoms with Gasteiger partial charge >= 0.3 is 5.97 Å². The van der Waals surface area contributed by atoms with Crippen molar-refractivity contribution in [1.82, 2.24) is 9.88 Å². The Labute approximate surface area is 132 Å². The molecule has 0 saturated carbocycles. The molecule has 1 aliphatic rings. The van der Waals surface area contributed by atoms with E-state index in [2.05, 4.69) is 31.9 Å². The maximum atomic E-state index is 11.7. The second kappa shape index (κ2) is 5.46. The van der Waals surface area contributed by atoms with E-state index in [-0.39, 0.29) is 0 Å². The van der Waals surface area contributed by atoms with Gasteiger partial charge in [-0.1, -0.05) is 15.9 Å². The predicted octanol–water partition coefficient (Wildman–Crippen LogP) is 3.76. The monoisotopic (exact) mass is 350 g/mol. The third-order valence-corrected chi connectivity index (χ3v) is 5.08. The molecule has 2 aromatic rings. The van der Waals surface area contributed by atoms with Gasteiger partial charge in [0, 0.05) is 28.1 Å². The fraction of sp³-hybridized carbons (Fsp3) is 0.438. The molecule has 5 heteroatoms. The van der Waals surface area contributed by atoms with Gasteiger partial charge in [0.05, 0.1) is 0 Å². The van der Waals surface area contributed by atoms with E-state index in [9.17, 15) is 9.90 Å². The smallest absolute Gasteiger partial charge is 0.323 e. The molecule has 21 heavy (non-hydrogen) atoms. The summed E-state index contributed by atoms with van der Waals surface area (Å²) in [6.07, 6.45) is 4.76. The number of carbonyl (C=O) groups is 1. The van der Waals surface area contributed by atoms with Crippen molar-refractivity contribution in [2.45, 2.75) is 38.3 Å². The standard InChI is InChI=1S/C16H19BrN2O2/c1-16(15(20)21)6-2-3-7-19(16)10-11-9-18-14-5-4-12(17)8-13(11)14/h4-5,8-9,18H,2-3,6-7,10H2,1H3,(H,20,21). The van der Waals surface area contributed by atoms with Gasteiger partial charge in [-0.25, -0.2) is 0 Å². The van der Waals surface area contributed by atoms with Crippen LogP contribution >= 0.6 is 15.9 Å². The van der Waals surface area contributed by atoms with E-state index in [4.69, 9.17) is 0 Å². The number of hydrogen-bond acceptors (Lipinski definition) is 2. The fourth-order valence-electron chi connectivity index (χ4n) is 3.16. The lowest BCUT2D eigenvalue weighted by molar-refractivity contribution is -0.153. The molecule has 1 unspecified atom stereocenters. The van der Waals surface area contributed by atoms with Crippen molar-refractivity contribution in [3.05, 3.63) is 34.4 Å². The van der Waals surface area contributed by atoms with Crippen LogP contribution in [0.25, 0.3) is 10.9 Å². The minimum atomic E-state index is -0.756. The average molecular weight is 351 g/mol. The fourth-order valence-corrected chi connectivity index (χ4v) is 3.52. The number of halogens is 1. The van der Waals surface area contributed by atoms with E-state index >= 15 is 0 Å². The second-order valence-corrected chi connectivity index (χ2v) is 6.88. The molecule has 0 spiro atoms. The van der Waals surface area contributed by atoms with Crippen LogP contribution in [-0.4, -0.2) is 33.0 Å². The molecule has 112 valence electrons. The molecule has 4 nitrogen and oxygen atoms in total. The molecule has 1 fully saturated rings. The van der Waals surface area contributed by atoms with Crippen molar-refractivity contribution in [1.29, 1.82) is 0 Å². The first kappa shape index (κ1) is 14.6. The van der Waals surface area contributed by atoms with Crippen LogP contribution in [0.15, 0.2) is 28.9 Å². The van der Waals surface area contributed by atoms with E-state index in [0.717, 1.165) is 40.3 Å². The van der Waals surface area contributed by atoms with Crippen LogP contribution in [-0.2, 0) is 11.3 Å². The van der Waals surface area contributed by atoms with E-state index in [1.807, 2.05) is 25.3 Å². The highest BCUT2D eigenvalue weighted by Crippen LogP contribution is 2.32. The molecule has 1 atom stereocenters. The molecule has 2 heterocycles. The lowest BCUT2D eigenvalue weighted by Crippen LogP contribution is -2.54. The number of aromatic nitrogens is 1. The first-order chi connectivity index (χ1) is 10.0. The van der Waals surface area contributed by atoms with Crippen molar-refractivity contribution in [2.24, 2.45) is 0 Å². The average Bonchev–Trinajstić information content (AvgIpc) is 2.84. The molecular formula is C16H19BrN2O2. The molecular weight excluding hydrogens is 332 g/mol. The zero-order chi connectivity index (χ0) is 15.0. The normalized spacial score (nSPS) is 23.5. The molecule has 0 amide bonds. The van der Waals surface area contributed by atoms with Gasteiger partial charge in [-0.15, -0.1) is 0 Å². The lowest BCUT2D eigenvalue weighted by atomic mass is 9.88. The van der Waals surface area contributed by atoms with E-state index in [1.54, 1.807) is 0 Å². The van der Waals surface area contributed by atoms with E-state index in [0.29, 0.717) is 13.0 Å². The zero-order valence-corrected chi connectivity index (χ0v) is 13.6. The highest BCUT2D eigenvalue weighted by atomic mass is 79.9. The number of hydrogen-bond donors (Lipinski definition) is 2. The summed E-state index contributed by atoms with van der Waals surface area (Å²) in [5.74, 6) is -0.719. The van der Waals surface area contributed by atoms with Crippen LogP contribution in [0.3, 0.4) is 0 Å². The van der Waals surface area contributed by atoms with Gasteiger partial charge in [0.25, 0.3) is 0 Å². The summed E-state index contributed by atoms with van der Waals surface area (Å²) in [5.41, 5.74) is 1.48. The van der Waals surface area contributed by atoms with Gasteiger partial charge in [0.1, 0.15) is 5.54 Å². The first-order valence-electron chi connectivity index (χ1n) is 7.25. The van der Waals surface area contributed by atoms with Gasteiger partial charge in [-0.2, -0.15) is 0 Å². The highest BCUT2D eigenvalue weighted by Gasteiger charge is 2.41. The number of H-pyrrole nitrogens is 1. The molecule has 0 bridgehead atoms. The lowest BCUT2D eigenvalue weighted by Gasteiger charge is -2.41. The Kier molecular flexibility index (Phi) is 3.80. The number of benzene rings is 1. The van der Waals surface area contributed by atoms with Crippen LogP contribution in [0.1, 0.15) is 31.7 Å². The van der Waals surface area contributed by atoms with Gasteiger partial charge in [-0.05, 0) is 56.5 Å².